The number of hydrogen-bond acceptors (Lipinski definition) is 9. The number of aliphatic hydroxyl groups excluding tert-OH is 1. The molecule has 0 spiro atoms. The normalized spacial score (nSPS) is 20.4. The highest BCUT2D eigenvalue weighted by Gasteiger charge is 2.34. The lowest BCUT2D eigenvalue weighted by molar-refractivity contribution is 0.0170. The average molecular weight is 781 g/mol. The van der Waals surface area contributed by atoms with E-state index in [4.69, 9.17) is 4.74 Å². The molecule has 4 heterocycles. The number of nitrogens with zero attached hydrogens (tertiary/aromatic N) is 4. The second-order valence-electron chi connectivity index (χ2n) is 15.9. The van der Waals surface area contributed by atoms with E-state index in [9.17, 15) is 17.7 Å². The van der Waals surface area contributed by atoms with Gasteiger partial charge in [-0.2, -0.15) is 0 Å². The zero-order valence-electron chi connectivity index (χ0n) is 32.8. The van der Waals surface area contributed by atoms with E-state index in [0.29, 0.717) is 40.5 Å². The molecule has 6 rings (SSSR count). The van der Waals surface area contributed by atoms with Gasteiger partial charge in [-0.3, -0.25) is 14.1 Å². The van der Waals surface area contributed by atoms with Crippen LogP contribution in [-0.2, 0) is 20.6 Å². The molecule has 3 aliphatic heterocycles. The molecule has 0 bridgehead atoms. The third kappa shape index (κ3) is 10.6. The lowest BCUT2D eigenvalue weighted by Crippen LogP contribution is -2.53. The van der Waals surface area contributed by atoms with Gasteiger partial charge in [-0.15, -0.1) is 0 Å². The number of unbranched alkanes of at least 4 members (excludes halogenated alkanes) is 9. The monoisotopic (exact) mass is 780 g/mol. The number of sulfone groups is 1. The summed E-state index contributed by atoms with van der Waals surface area (Å²) in [6.07, 6.45) is 21.8. The third-order valence-corrected chi connectivity index (χ3v) is 14.7. The summed E-state index contributed by atoms with van der Waals surface area (Å²) >= 11 is 0. The zero-order valence-corrected chi connectivity index (χ0v) is 34.4. The van der Waals surface area contributed by atoms with E-state index >= 15 is 0 Å². The number of benzene rings is 2. The average Bonchev–Trinajstić information content (AvgIpc) is 3.19. The minimum absolute atomic E-state index is 0.190. The Kier molecular flexibility index (Phi) is 15.2. The number of fused-ring (bicyclic) bond motifs is 1. The van der Waals surface area contributed by atoms with Crippen LogP contribution in [-0.4, -0.2) is 103 Å². The van der Waals surface area contributed by atoms with Crippen molar-refractivity contribution in [3.8, 4) is 5.75 Å². The van der Waals surface area contributed by atoms with E-state index in [1.807, 2.05) is 18.2 Å². The van der Waals surface area contributed by atoms with Crippen LogP contribution in [0.4, 0.5) is 5.69 Å². The summed E-state index contributed by atoms with van der Waals surface area (Å²) in [4.78, 5) is 13.0. The van der Waals surface area contributed by atoms with Crippen LogP contribution in [0.15, 0.2) is 63.3 Å². The maximum atomic E-state index is 14.4. The summed E-state index contributed by atoms with van der Waals surface area (Å²) in [5.74, 6) is 0.677. The van der Waals surface area contributed by atoms with Crippen molar-refractivity contribution in [3.63, 3.8) is 0 Å². The highest BCUT2D eigenvalue weighted by molar-refractivity contribution is 7.91. The van der Waals surface area contributed by atoms with Crippen molar-refractivity contribution in [3.05, 3.63) is 48.7 Å². The van der Waals surface area contributed by atoms with Gasteiger partial charge in [0, 0.05) is 65.3 Å². The Bertz CT molecular complexity index is 1760. The molecule has 1 N–H and O–H groups in total. The fourth-order valence-corrected chi connectivity index (χ4v) is 10.8. The third-order valence-electron chi connectivity index (χ3n) is 12.0. The van der Waals surface area contributed by atoms with E-state index in [1.165, 1.54) is 57.6 Å². The van der Waals surface area contributed by atoms with Crippen molar-refractivity contribution >= 4 is 37.2 Å². The number of ether oxygens (including phenoxy) is 1. The Morgan fingerprint density at radius 2 is 1.43 bits per heavy atom. The molecule has 0 saturated carbocycles. The number of piperidine rings is 3. The van der Waals surface area contributed by atoms with Crippen molar-refractivity contribution < 1.29 is 22.5 Å². The van der Waals surface area contributed by atoms with Crippen LogP contribution in [0.3, 0.4) is 0 Å². The largest absolute Gasteiger partial charge is 0.494 e. The molecular weight excluding hydrogens is 717 g/mol. The van der Waals surface area contributed by atoms with E-state index in [0.717, 1.165) is 96.0 Å². The second kappa shape index (κ2) is 20.0. The molecule has 3 saturated heterocycles. The molecule has 54 heavy (non-hydrogen) atoms. The van der Waals surface area contributed by atoms with Crippen LogP contribution in [0.25, 0.3) is 10.9 Å². The van der Waals surface area contributed by atoms with Crippen LogP contribution < -0.4 is 9.64 Å². The molecule has 2 aromatic carbocycles. The minimum atomic E-state index is -3.93. The molecule has 298 valence electrons. The standard InChI is InChI=1S/C43H64N4O5S2/c1-3-4-5-6-7-8-9-10-11-12-30-52-37-15-18-39(19-16-37)54(50,51)42-32-44-41-20-17-38(53(2)49)31-40(41)43(42)46-28-23-34(24-29-46)45-26-21-35(22-27-45)47-25-13-14-36(48)33-47/h15-20,31-32,34-36,48H,3-14,21-30,33H2,1-2H3/t36-,53-/m0/s1. The number of aliphatic hydroxyl groups is 1. The maximum absolute atomic E-state index is 14.4. The predicted octanol–water partition coefficient (Wildman–Crippen LogP) is 7.99. The molecule has 1 aromatic heterocycles. The molecule has 0 radical (unpaired) electrons. The van der Waals surface area contributed by atoms with Crippen molar-refractivity contribution in [2.45, 2.75) is 143 Å². The Hall–Kier alpha value is -2.57. The van der Waals surface area contributed by atoms with Crippen molar-refractivity contribution in [1.82, 2.24) is 14.8 Å². The van der Waals surface area contributed by atoms with E-state index in [2.05, 4.69) is 26.6 Å². The highest BCUT2D eigenvalue weighted by Crippen LogP contribution is 2.39. The second-order valence-corrected chi connectivity index (χ2v) is 19.2. The number of aromatic nitrogens is 1. The topological polar surface area (TPSA) is 103 Å². The number of hydrogen-bond donors (Lipinski definition) is 1. The summed E-state index contributed by atoms with van der Waals surface area (Å²) in [7, 11) is -5.15. The van der Waals surface area contributed by atoms with Gasteiger partial charge in [-0.1, -0.05) is 64.7 Å². The van der Waals surface area contributed by atoms with Crippen molar-refractivity contribution in [1.29, 1.82) is 0 Å². The Morgan fingerprint density at radius 3 is 2.07 bits per heavy atom. The van der Waals surface area contributed by atoms with Gasteiger partial charge in [-0.25, -0.2) is 8.42 Å². The van der Waals surface area contributed by atoms with E-state index in [1.54, 1.807) is 30.5 Å². The summed E-state index contributed by atoms with van der Waals surface area (Å²) in [6.45, 7) is 8.36. The molecule has 0 aliphatic carbocycles. The quantitative estimate of drug-likeness (QED) is 0.129. The van der Waals surface area contributed by atoms with Gasteiger partial charge in [0.1, 0.15) is 10.6 Å². The van der Waals surface area contributed by atoms with Gasteiger partial charge in [0.25, 0.3) is 0 Å². The van der Waals surface area contributed by atoms with Gasteiger partial charge in [0.05, 0.1) is 28.8 Å². The number of β-amino-alcohol motifs (C(OH)–C–C–N with tert-alkyl or cyclic N) is 1. The first kappa shape index (κ1) is 41.1. The lowest BCUT2D eigenvalue weighted by atomic mass is 9.95. The molecular formula is C43H64N4O5S2. The van der Waals surface area contributed by atoms with Crippen molar-refractivity contribution in [2.24, 2.45) is 0 Å². The SMILES string of the molecule is CCCCCCCCCCCCOc1ccc(S(=O)(=O)c2cnc3ccc([S@](C)=O)cc3c2N2CCC(N3CCC(N4CCC[C@H](O)C4)CC3)CC2)cc1. The fourth-order valence-electron chi connectivity index (χ4n) is 8.85. The van der Waals surface area contributed by atoms with Crippen LogP contribution >= 0.6 is 0 Å². The molecule has 3 aliphatic rings. The molecule has 9 nitrogen and oxygen atoms in total. The minimum Gasteiger partial charge on any atom is -0.494 e. The van der Waals surface area contributed by atoms with Crippen molar-refractivity contribution in [2.75, 3.05) is 57.0 Å². The smallest absolute Gasteiger partial charge is 0.210 e. The summed E-state index contributed by atoms with van der Waals surface area (Å²) in [5, 5.41) is 10.9. The molecule has 0 unspecified atom stereocenters. The maximum Gasteiger partial charge on any atom is 0.210 e. The first-order chi connectivity index (χ1) is 26.2. The van der Waals surface area contributed by atoms with Gasteiger partial charge in [-0.05, 0) is 107 Å². The van der Waals surface area contributed by atoms with Gasteiger partial charge >= 0.3 is 0 Å². The number of pyridine rings is 1. The number of anilines is 1. The van der Waals surface area contributed by atoms with E-state index in [-0.39, 0.29) is 15.9 Å². The van der Waals surface area contributed by atoms with Crippen LogP contribution in [0.2, 0.25) is 0 Å². The lowest BCUT2D eigenvalue weighted by Gasteiger charge is -2.45. The number of rotatable bonds is 18. The van der Waals surface area contributed by atoms with Crippen LogP contribution in [0, 0.1) is 0 Å². The molecule has 0 amide bonds. The van der Waals surface area contributed by atoms with Gasteiger partial charge in [0.2, 0.25) is 9.84 Å². The zero-order chi connectivity index (χ0) is 37.9. The Balaban J connectivity index is 1.09. The first-order valence-corrected chi connectivity index (χ1v) is 23.9. The van der Waals surface area contributed by atoms with Crippen LogP contribution in [0.5, 0.6) is 5.75 Å². The highest BCUT2D eigenvalue weighted by atomic mass is 32.2. The summed E-state index contributed by atoms with van der Waals surface area (Å²) in [6, 6.07) is 13.4. The Morgan fingerprint density at radius 1 is 0.796 bits per heavy atom. The molecule has 3 aromatic rings. The Labute approximate surface area is 327 Å². The fraction of sp³-hybridized carbons (Fsp3) is 0.651. The predicted molar refractivity (Wildman–Crippen MR) is 220 cm³/mol. The van der Waals surface area contributed by atoms with E-state index < -0.39 is 20.6 Å². The molecule has 11 heteroatoms. The molecule has 3 fully saturated rings. The summed E-state index contributed by atoms with van der Waals surface area (Å²) in [5.41, 5.74) is 1.36. The van der Waals surface area contributed by atoms with Gasteiger partial charge < -0.3 is 19.6 Å². The van der Waals surface area contributed by atoms with Crippen LogP contribution in [0.1, 0.15) is 110 Å². The number of likely N-dealkylation sites (tertiary alicyclic amines) is 2. The first-order valence-electron chi connectivity index (χ1n) is 20.9. The molecule has 2 atom stereocenters. The van der Waals surface area contributed by atoms with Gasteiger partial charge in [0.15, 0.2) is 0 Å². The summed E-state index contributed by atoms with van der Waals surface area (Å²) < 4.78 is 47.4.